The van der Waals surface area contributed by atoms with Gasteiger partial charge >= 0.3 is 0 Å². The largest absolute Gasteiger partial charge is 0.467 e. The van der Waals surface area contributed by atoms with E-state index in [9.17, 15) is 4.79 Å². The Hall–Kier alpha value is -3.65. The van der Waals surface area contributed by atoms with Gasteiger partial charge in [0.2, 0.25) is 0 Å². The van der Waals surface area contributed by atoms with Crippen LogP contribution in [0.3, 0.4) is 0 Å². The Bertz CT molecular complexity index is 1300. The Kier molecular flexibility index (Phi) is 4.91. The van der Waals surface area contributed by atoms with Crippen molar-refractivity contribution in [2.45, 2.75) is 26.9 Å². The number of carbonyl (C=O) groups excluding carboxylic acids is 1. The number of rotatable bonds is 6. The molecule has 5 rings (SSSR count). The summed E-state index contributed by atoms with van der Waals surface area (Å²) >= 11 is 1.61. The van der Waals surface area contributed by atoms with Gasteiger partial charge in [0.15, 0.2) is 0 Å². The predicted octanol–water partition coefficient (Wildman–Crippen LogP) is 5.60. The molecule has 5 heterocycles. The second-order valence-corrected chi connectivity index (χ2v) is 8.52. The number of nitrogens with zero attached hydrogens (tertiary/aromatic N) is 3. The third-order valence-electron chi connectivity index (χ3n) is 4.98. The molecule has 7 nitrogen and oxygen atoms in total. The van der Waals surface area contributed by atoms with Gasteiger partial charge in [-0.3, -0.25) is 4.79 Å². The summed E-state index contributed by atoms with van der Waals surface area (Å²) in [5.74, 6) is 1.18. The zero-order valence-corrected chi connectivity index (χ0v) is 17.8. The summed E-state index contributed by atoms with van der Waals surface area (Å²) in [5, 5.41) is 4.66. The highest BCUT2D eigenvalue weighted by atomic mass is 32.1. The summed E-state index contributed by atoms with van der Waals surface area (Å²) in [6.07, 6.45) is 3.19. The zero-order valence-electron chi connectivity index (χ0n) is 17.0. The van der Waals surface area contributed by atoms with Crippen molar-refractivity contribution < 1.29 is 18.2 Å². The first-order valence-corrected chi connectivity index (χ1v) is 10.6. The SMILES string of the molecule is Cc1ccc(-c2cc(C(=O)N(Cc3ccco3)Cc3ccco3)c3c(C)noc3n2)s1. The van der Waals surface area contributed by atoms with Gasteiger partial charge in [0.25, 0.3) is 11.6 Å². The molecule has 0 aliphatic carbocycles. The van der Waals surface area contributed by atoms with Crippen LogP contribution in [0.5, 0.6) is 0 Å². The minimum Gasteiger partial charge on any atom is -0.467 e. The second-order valence-electron chi connectivity index (χ2n) is 7.23. The lowest BCUT2D eigenvalue weighted by Crippen LogP contribution is -2.30. The van der Waals surface area contributed by atoms with Gasteiger partial charge in [-0.05, 0) is 56.3 Å². The number of aromatic nitrogens is 2. The van der Waals surface area contributed by atoms with Crippen LogP contribution in [0.25, 0.3) is 21.7 Å². The van der Waals surface area contributed by atoms with Crippen molar-refractivity contribution in [1.29, 1.82) is 0 Å². The van der Waals surface area contributed by atoms with E-state index in [2.05, 4.69) is 10.1 Å². The summed E-state index contributed by atoms with van der Waals surface area (Å²) in [7, 11) is 0. The number of amides is 1. The van der Waals surface area contributed by atoms with Crippen molar-refractivity contribution in [2.24, 2.45) is 0 Å². The molecule has 8 heteroatoms. The van der Waals surface area contributed by atoms with Crippen LogP contribution in [0.4, 0.5) is 0 Å². The predicted molar refractivity (Wildman–Crippen MR) is 116 cm³/mol. The first-order valence-electron chi connectivity index (χ1n) is 9.76. The molecule has 5 aromatic heterocycles. The highest BCUT2D eigenvalue weighted by Crippen LogP contribution is 2.32. The third kappa shape index (κ3) is 3.77. The minimum absolute atomic E-state index is 0.180. The van der Waals surface area contributed by atoms with Gasteiger partial charge in [-0.2, -0.15) is 0 Å². The number of furan rings is 2. The first-order chi connectivity index (χ1) is 15.1. The van der Waals surface area contributed by atoms with Crippen LogP contribution in [0.1, 0.15) is 32.4 Å². The van der Waals surface area contributed by atoms with Gasteiger partial charge in [0.1, 0.15) is 11.5 Å². The Balaban J connectivity index is 1.60. The van der Waals surface area contributed by atoms with E-state index in [1.54, 1.807) is 40.9 Å². The lowest BCUT2D eigenvalue weighted by atomic mass is 10.1. The topological polar surface area (TPSA) is 85.5 Å². The van der Waals surface area contributed by atoms with Gasteiger partial charge in [-0.15, -0.1) is 11.3 Å². The maximum Gasteiger partial charge on any atom is 0.259 e. The Morgan fingerprint density at radius 2 is 1.74 bits per heavy atom. The molecule has 0 N–H and O–H groups in total. The van der Waals surface area contributed by atoms with E-state index in [0.717, 1.165) is 9.75 Å². The molecule has 0 saturated carbocycles. The summed E-state index contributed by atoms with van der Waals surface area (Å²) < 4.78 is 16.4. The van der Waals surface area contributed by atoms with Gasteiger partial charge in [-0.1, -0.05) is 5.16 Å². The number of thiophene rings is 1. The molecule has 31 heavy (non-hydrogen) atoms. The summed E-state index contributed by atoms with van der Waals surface area (Å²) in [4.78, 5) is 22.2. The molecule has 0 bridgehead atoms. The van der Waals surface area contributed by atoms with Gasteiger partial charge < -0.3 is 18.3 Å². The van der Waals surface area contributed by atoms with E-state index >= 15 is 0 Å². The van der Waals surface area contributed by atoms with Crippen LogP contribution in [-0.4, -0.2) is 20.9 Å². The standard InChI is InChI=1S/C23H19N3O4S/c1-14-7-8-20(31-14)19-11-18(21-15(2)25-30-22(21)24-19)23(27)26(12-16-5-3-9-28-16)13-17-6-4-10-29-17/h3-11H,12-13H2,1-2H3. The molecule has 0 aromatic carbocycles. The van der Waals surface area contributed by atoms with Crippen LogP contribution in [0.2, 0.25) is 0 Å². The van der Waals surface area contributed by atoms with E-state index in [1.807, 2.05) is 44.2 Å². The molecule has 0 saturated heterocycles. The van der Waals surface area contributed by atoms with E-state index < -0.39 is 0 Å². The summed E-state index contributed by atoms with van der Waals surface area (Å²) in [6, 6.07) is 13.1. The average molecular weight is 433 g/mol. The van der Waals surface area contributed by atoms with E-state index in [0.29, 0.717) is 52.7 Å². The highest BCUT2D eigenvalue weighted by molar-refractivity contribution is 7.15. The molecule has 156 valence electrons. The van der Waals surface area contributed by atoms with E-state index in [4.69, 9.17) is 13.4 Å². The van der Waals surface area contributed by atoms with Crippen molar-refractivity contribution in [3.8, 4) is 10.6 Å². The van der Waals surface area contributed by atoms with Gasteiger partial charge in [0, 0.05) is 4.88 Å². The van der Waals surface area contributed by atoms with Gasteiger partial charge in [0.05, 0.1) is 52.8 Å². The van der Waals surface area contributed by atoms with Crippen LogP contribution >= 0.6 is 11.3 Å². The quantitative estimate of drug-likeness (QED) is 0.347. The number of aryl methyl sites for hydroxylation is 2. The summed E-state index contributed by atoms with van der Waals surface area (Å²) in [6.45, 7) is 4.44. The molecule has 0 unspecified atom stereocenters. The smallest absolute Gasteiger partial charge is 0.259 e. The first kappa shape index (κ1) is 19.3. The molecule has 0 atom stereocenters. The molecule has 0 radical (unpaired) electrons. The van der Waals surface area contributed by atoms with Crippen LogP contribution < -0.4 is 0 Å². The van der Waals surface area contributed by atoms with Crippen molar-refractivity contribution in [2.75, 3.05) is 0 Å². The monoisotopic (exact) mass is 433 g/mol. The number of hydrogen-bond acceptors (Lipinski definition) is 7. The molecule has 0 spiro atoms. The Morgan fingerprint density at radius 3 is 2.32 bits per heavy atom. The lowest BCUT2D eigenvalue weighted by molar-refractivity contribution is 0.0706. The molecule has 0 aliphatic heterocycles. The van der Waals surface area contributed by atoms with Crippen molar-refractivity contribution in [3.63, 3.8) is 0 Å². The van der Waals surface area contributed by atoms with Crippen molar-refractivity contribution in [3.05, 3.63) is 82.6 Å². The average Bonchev–Trinajstić information content (AvgIpc) is 3.56. The van der Waals surface area contributed by atoms with Crippen molar-refractivity contribution in [1.82, 2.24) is 15.0 Å². The van der Waals surface area contributed by atoms with Crippen molar-refractivity contribution >= 4 is 28.3 Å². The number of carbonyl (C=O) groups is 1. The molecule has 1 amide bonds. The fraction of sp³-hybridized carbons (Fsp3) is 0.174. The van der Waals surface area contributed by atoms with Crippen LogP contribution in [-0.2, 0) is 13.1 Å². The van der Waals surface area contributed by atoms with Crippen LogP contribution in [0.15, 0.2) is 68.3 Å². The Labute approximate surface area is 181 Å². The fourth-order valence-electron chi connectivity index (χ4n) is 3.51. The van der Waals surface area contributed by atoms with E-state index in [1.165, 1.54) is 0 Å². The zero-order chi connectivity index (χ0) is 21.4. The van der Waals surface area contributed by atoms with Gasteiger partial charge in [-0.25, -0.2) is 4.98 Å². The fourth-order valence-corrected chi connectivity index (χ4v) is 4.34. The van der Waals surface area contributed by atoms with Crippen LogP contribution in [0, 0.1) is 13.8 Å². The molecular weight excluding hydrogens is 414 g/mol. The Morgan fingerprint density at radius 1 is 1.03 bits per heavy atom. The van der Waals surface area contributed by atoms with E-state index in [-0.39, 0.29) is 5.91 Å². The number of fused-ring (bicyclic) bond motifs is 1. The summed E-state index contributed by atoms with van der Waals surface area (Å²) in [5.41, 5.74) is 2.14. The molecule has 5 aromatic rings. The molecule has 0 fully saturated rings. The maximum atomic E-state index is 13.8. The molecule has 0 aliphatic rings. The normalized spacial score (nSPS) is 11.3. The number of pyridine rings is 1. The maximum absolute atomic E-state index is 13.8. The molecular formula is C23H19N3O4S. The minimum atomic E-state index is -0.180. The second kappa shape index (κ2) is 7.88. The highest BCUT2D eigenvalue weighted by Gasteiger charge is 2.25. The number of hydrogen-bond donors (Lipinski definition) is 0. The lowest BCUT2D eigenvalue weighted by Gasteiger charge is -2.21. The third-order valence-corrected chi connectivity index (χ3v) is 6.00.